The lowest BCUT2D eigenvalue weighted by molar-refractivity contribution is -0.136. The number of rotatable bonds is 6. The summed E-state index contributed by atoms with van der Waals surface area (Å²) in [5.41, 5.74) is 1.92. The first kappa shape index (κ1) is 26.9. The Morgan fingerprint density at radius 2 is 2.03 bits per heavy atom. The van der Waals surface area contributed by atoms with Crippen LogP contribution in [0.15, 0.2) is 56.7 Å². The molecule has 2 aliphatic rings. The van der Waals surface area contributed by atoms with Crippen molar-refractivity contribution >= 4 is 51.0 Å². The maximum Gasteiger partial charge on any atom is 0.354 e. The lowest BCUT2D eigenvalue weighted by atomic mass is 9.85. The minimum absolute atomic E-state index is 0.0282. The molecule has 39 heavy (non-hydrogen) atoms. The molecule has 3 aromatic rings. The molecule has 4 heterocycles. The number of aryl methyl sites for hydroxylation is 1. The molecule has 5 rings (SSSR count). The van der Waals surface area contributed by atoms with Gasteiger partial charge in [0.2, 0.25) is 5.95 Å². The van der Waals surface area contributed by atoms with Gasteiger partial charge in [0, 0.05) is 48.0 Å². The van der Waals surface area contributed by atoms with Crippen molar-refractivity contribution in [3.63, 3.8) is 0 Å². The van der Waals surface area contributed by atoms with E-state index in [9.17, 15) is 19.1 Å². The summed E-state index contributed by atoms with van der Waals surface area (Å²) in [6, 6.07) is 3.82. The number of hydrogen-bond acceptors (Lipinski definition) is 10. The number of nitrogens with one attached hydrogen (secondary N) is 1. The number of aromatic carboxylic acids is 1. The molecule has 10 nitrogen and oxygen atoms in total. The van der Waals surface area contributed by atoms with E-state index < -0.39 is 23.8 Å². The summed E-state index contributed by atoms with van der Waals surface area (Å²) in [7, 11) is 1.31. The summed E-state index contributed by atoms with van der Waals surface area (Å²) >= 11 is 4.74. The van der Waals surface area contributed by atoms with Crippen molar-refractivity contribution in [2.24, 2.45) is 10.9 Å². The van der Waals surface area contributed by atoms with E-state index in [4.69, 9.17) is 9.73 Å². The van der Waals surface area contributed by atoms with Crippen LogP contribution in [0.1, 0.15) is 45.5 Å². The van der Waals surface area contributed by atoms with E-state index in [1.807, 2.05) is 10.3 Å². The fourth-order valence-corrected chi connectivity index (χ4v) is 5.87. The van der Waals surface area contributed by atoms with Crippen molar-refractivity contribution in [2.45, 2.75) is 25.8 Å². The van der Waals surface area contributed by atoms with Crippen molar-refractivity contribution < 1.29 is 23.8 Å². The standard InChI is InChI=1S/C26H24BrFN6O4S/c1-13-12-30-26(33-19(13)24(35)36)34-9-6-14(7-10-34)20-17(25(37)38-2)21(15-4-3-5-16(28)18(15)27)32-22(31-20)23-29-8-11-39-23/h3-5,8,11-12,14,21H,6-7,9-10H2,1-2H3,(H,31,32)(H,35,36). The molecule has 13 heteroatoms. The van der Waals surface area contributed by atoms with Crippen molar-refractivity contribution in [3.05, 3.63) is 79.4 Å². The Labute approximate surface area is 235 Å². The predicted molar refractivity (Wildman–Crippen MR) is 146 cm³/mol. The summed E-state index contributed by atoms with van der Waals surface area (Å²) in [4.78, 5) is 44.5. The Morgan fingerprint density at radius 3 is 2.69 bits per heavy atom. The Kier molecular flexibility index (Phi) is 7.71. The second kappa shape index (κ2) is 11.2. The number of nitrogens with zero attached hydrogens (tertiary/aromatic N) is 5. The number of hydrogen-bond donors (Lipinski definition) is 2. The minimum atomic E-state index is -1.10. The number of methoxy groups -OCH3 is 1. The van der Waals surface area contributed by atoms with E-state index in [2.05, 4.69) is 36.2 Å². The monoisotopic (exact) mass is 614 g/mol. The number of benzene rings is 1. The maximum atomic E-state index is 14.6. The number of carboxylic acid groups (broad SMARTS) is 1. The van der Waals surface area contributed by atoms with Crippen molar-refractivity contribution in [2.75, 3.05) is 25.1 Å². The van der Waals surface area contributed by atoms with E-state index in [1.54, 1.807) is 25.3 Å². The Morgan fingerprint density at radius 1 is 1.26 bits per heavy atom. The van der Waals surface area contributed by atoms with E-state index >= 15 is 0 Å². The van der Waals surface area contributed by atoms with Crippen molar-refractivity contribution in [3.8, 4) is 0 Å². The topological polar surface area (TPSA) is 130 Å². The highest BCUT2D eigenvalue weighted by Gasteiger charge is 2.38. The van der Waals surface area contributed by atoms with Crippen LogP contribution in [0.2, 0.25) is 0 Å². The lowest BCUT2D eigenvalue weighted by Crippen LogP contribution is -2.42. The van der Waals surface area contributed by atoms with E-state index in [-0.39, 0.29) is 16.1 Å². The molecule has 0 saturated carbocycles. The molecule has 0 radical (unpaired) electrons. The fraction of sp³-hybridized carbons (Fsp3) is 0.308. The predicted octanol–water partition coefficient (Wildman–Crippen LogP) is 4.28. The molecule has 1 saturated heterocycles. The molecule has 1 aromatic carbocycles. The van der Waals surface area contributed by atoms with Gasteiger partial charge in [0.1, 0.15) is 11.9 Å². The fourth-order valence-electron chi connectivity index (χ4n) is 4.80. The number of ether oxygens (including phenoxy) is 1. The Bertz CT molecular complexity index is 1490. The van der Waals surface area contributed by atoms with Crippen LogP contribution in [0.25, 0.3) is 0 Å². The zero-order valence-corrected chi connectivity index (χ0v) is 23.4. The summed E-state index contributed by atoms with van der Waals surface area (Å²) in [5.74, 6) is -1.38. The van der Waals surface area contributed by atoms with Gasteiger partial charge in [-0.1, -0.05) is 12.1 Å². The third-order valence-electron chi connectivity index (χ3n) is 6.74. The highest BCUT2D eigenvalue weighted by Crippen LogP contribution is 2.40. The first-order chi connectivity index (χ1) is 18.8. The van der Waals surface area contributed by atoms with Gasteiger partial charge in [0.15, 0.2) is 16.5 Å². The minimum Gasteiger partial charge on any atom is -0.476 e. The van der Waals surface area contributed by atoms with Gasteiger partial charge in [-0.2, -0.15) is 0 Å². The van der Waals surface area contributed by atoms with Crippen molar-refractivity contribution in [1.82, 2.24) is 20.3 Å². The van der Waals surface area contributed by atoms with Crippen molar-refractivity contribution in [1.29, 1.82) is 0 Å². The van der Waals surface area contributed by atoms with E-state index in [0.29, 0.717) is 65.1 Å². The molecule has 1 atom stereocenters. The number of aromatic nitrogens is 3. The summed E-state index contributed by atoms with van der Waals surface area (Å²) in [6.07, 6.45) is 4.41. The smallest absolute Gasteiger partial charge is 0.354 e. The highest BCUT2D eigenvalue weighted by atomic mass is 79.9. The van der Waals surface area contributed by atoms with Crippen LogP contribution in [-0.2, 0) is 9.53 Å². The number of allylic oxidation sites excluding steroid dienone is 1. The zero-order chi connectivity index (χ0) is 27.7. The molecule has 0 bridgehead atoms. The SMILES string of the molecule is COC(=O)C1=C(C2CCN(c3ncc(C)c(C(=O)O)n3)CC2)NC(c2nccs2)=NC1c1cccc(F)c1Br. The quantitative estimate of drug-likeness (QED) is 0.391. The second-order valence-electron chi connectivity index (χ2n) is 9.07. The van der Waals surface area contributed by atoms with Gasteiger partial charge in [0.25, 0.3) is 0 Å². The number of halogens is 2. The molecule has 1 fully saturated rings. The number of aliphatic imine (C=N–C) groups is 1. The van der Waals surface area contributed by atoms with Crippen LogP contribution < -0.4 is 10.2 Å². The van der Waals surface area contributed by atoms with Gasteiger partial charge in [-0.3, -0.25) is 4.99 Å². The van der Waals surface area contributed by atoms with Gasteiger partial charge in [-0.25, -0.2) is 28.9 Å². The van der Waals surface area contributed by atoms with E-state index in [0.717, 1.165) is 0 Å². The molecule has 0 aliphatic carbocycles. The molecule has 1 unspecified atom stereocenters. The number of carbonyl (C=O) groups is 2. The normalized spacial score (nSPS) is 18.0. The molecule has 2 aromatic heterocycles. The van der Waals surface area contributed by atoms with Crippen LogP contribution in [-0.4, -0.2) is 58.0 Å². The third-order valence-corrected chi connectivity index (χ3v) is 8.36. The summed E-state index contributed by atoms with van der Waals surface area (Å²) in [5, 5.41) is 15.3. The molecular weight excluding hydrogens is 591 g/mol. The number of carbonyl (C=O) groups excluding carboxylic acids is 1. The van der Waals surface area contributed by atoms with Crippen LogP contribution >= 0.6 is 27.3 Å². The molecule has 202 valence electrons. The lowest BCUT2D eigenvalue weighted by Gasteiger charge is -2.36. The molecule has 0 spiro atoms. The van der Waals surface area contributed by atoms with Gasteiger partial charge >= 0.3 is 11.9 Å². The largest absolute Gasteiger partial charge is 0.476 e. The number of thiazole rings is 1. The third kappa shape index (κ3) is 5.28. The number of amidine groups is 1. The van der Waals surface area contributed by atoms with Gasteiger partial charge in [0.05, 0.1) is 17.2 Å². The Hall–Kier alpha value is -3.71. The average molecular weight is 615 g/mol. The Balaban J connectivity index is 1.51. The maximum absolute atomic E-state index is 14.6. The molecule has 2 aliphatic heterocycles. The van der Waals surface area contributed by atoms with Crippen LogP contribution in [0.4, 0.5) is 10.3 Å². The molecule has 2 N–H and O–H groups in total. The first-order valence-corrected chi connectivity index (χ1v) is 13.8. The average Bonchev–Trinajstić information content (AvgIpc) is 3.49. The van der Waals surface area contributed by atoms with Crippen LogP contribution in [0.5, 0.6) is 0 Å². The number of piperidine rings is 1. The number of anilines is 1. The second-order valence-corrected chi connectivity index (χ2v) is 10.8. The number of carboxylic acids is 1. The van der Waals surface area contributed by atoms with Gasteiger partial charge in [-0.15, -0.1) is 11.3 Å². The van der Waals surface area contributed by atoms with E-state index in [1.165, 1.54) is 30.7 Å². The molecule has 0 amide bonds. The zero-order valence-electron chi connectivity index (χ0n) is 21.0. The summed E-state index contributed by atoms with van der Waals surface area (Å²) < 4.78 is 20.0. The van der Waals surface area contributed by atoms with Gasteiger partial charge < -0.3 is 20.1 Å². The highest BCUT2D eigenvalue weighted by molar-refractivity contribution is 9.10. The summed E-state index contributed by atoms with van der Waals surface area (Å²) in [6.45, 7) is 2.72. The van der Waals surface area contributed by atoms with Gasteiger partial charge in [-0.05, 0) is 47.3 Å². The first-order valence-electron chi connectivity index (χ1n) is 12.1. The van der Waals surface area contributed by atoms with Crippen LogP contribution in [0.3, 0.4) is 0 Å². The molecular formula is C26H24BrFN6O4S. The van der Waals surface area contributed by atoms with Crippen LogP contribution in [0, 0.1) is 18.7 Å². The number of esters is 1.